The Balaban J connectivity index is 1.83. The number of benzene rings is 1. The van der Waals surface area contributed by atoms with E-state index in [1.807, 2.05) is 6.07 Å². The maximum absolute atomic E-state index is 12.9. The van der Waals surface area contributed by atoms with Crippen LogP contribution in [-0.4, -0.2) is 23.7 Å². The fourth-order valence-electron chi connectivity index (χ4n) is 3.59. The third kappa shape index (κ3) is 3.43. The van der Waals surface area contributed by atoms with Gasteiger partial charge in [-0.15, -0.1) is 17.8 Å². The third-order valence-electron chi connectivity index (χ3n) is 4.88. The summed E-state index contributed by atoms with van der Waals surface area (Å²) < 4.78 is 11.7. The highest BCUT2D eigenvalue weighted by atomic mass is 79.9. The molecule has 0 amide bonds. The number of ether oxygens (including phenoxy) is 2. The van der Waals surface area contributed by atoms with Crippen molar-refractivity contribution >= 4 is 37.5 Å². The zero-order valence-electron chi connectivity index (χ0n) is 15.4. The number of thiophene rings is 1. The molecule has 1 aromatic carbocycles. The van der Waals surface area contributed by atoms with Crippen molar-refractivity contribution in [3.63, 3.8) is 0 Å². The van der Waals surface area contributed by atoms with Gasteiger partial charge in [0.25, 0.3) is 5.56 Å². The van der Waals surface area contributed by atoms with Gasteiger partial charge in [-0.1, -0.05) is 12.3 Å². The van der Waals surface area contributed by atoms with Crippen LogP contribution in [0.2, 0.25) is 0 Å². The Labute approximate surface area is 175 Å². The average Bonchev–Trinajstić information content (AvgIpc) is 2.88. The number of halogens is 1. The predicted octanol–water partition coefficient (Wildman–Crippen LogP) is 4.70. The van der Waals surface area contributed by atoms with E-state index in [1.54, 1.807) is 24.5 Å². The maximum Gasteiger partial charge on any atom is 0.260 e. The monoisotopic (exact) mass is 458 g/mol. The molecule has 0 saturated carbocycles. The minimum absolute atomic E-state index is 0.0813. The minimum atomic E-state index is -0.0813. The van der Waals surface area contributed by atoms with Crippen LogP contribution < -0.4 is 15.0 Å². The molecule has 0 radical (unpaired) electrons. The molecule has 0 fully saturated rings. The normalized spacial score (nSPS) is 13.6. The molecule has 7 heteroatoms. The van der Waals surface area contributed by atoms with Gasteiger partial charge in [0.05, 0.1) is 17.0 Å². The first-order chi connectivity index (χ1) is 13.6. The van der Waals surface area contributed by atoms with Gasteiger partial charge in [0.15, 0.2) is 11.5 Å². The molecule has 1 N–H and O–H groups in total. The second kappa shape index (κ2) is 7.98. The number of methoxy groups -OCH3 is 1. The molecule has 1 aliphatic carbocycles. The molecule has 144 valence electrons. The van der Waals surface area contributed by atoms with Crippen LogP contribution in [0.1, 0.15) is 29.7 Å². The number of aromatic amines is 1. The van der Waals surface area contributed by atoms with Gasteiger partial charge >= 0.3 is 0 Å². The number of aryl methyl sites for hydroxylation is 2. The maximum atomic E-state index is 12.9. The number of fused-ring (bicyclic) bond motifs is 3. The zero-order valence-corrected chi connectivity index (χ0v) is 17.8. The largest absolute Gasteiger partial charge is 0.493 e. The molecular formula is C21H19BrN2O3S. The summed E-state index contributed by atoms with van der Waals surface area (Å²) in [5.74, 6) is 3.99. The van der Waals surface area contributed by atoms with Crippen molar-refractivity contribution in [2.75, 3.05) is 13.7 Å². The van der Waals surface area contributed by atoms with Crippen LogP contribution in [0.25, 0.3) is 21.6 Å². The SMILES string of the molecule is C#CCOc1c(Br)cc(-c2nc3sc4c(c3c(=O)[nH]2)CCCCC4)cc1OC. The molecule has 0 bridgehead atoms. The van der Waals surface area contributed by atoms with Crippen LogP contribution in [0.15, 0.2) is 21.4 Å². The van der Waals surface area contributed by atoms with E-state index in [9.17, 15) is 4.79 Å². The Kier molecular flexibility index (Phi) is 5.42. The van der Waals surface area contributed by atoms with Gasteiger partial charge in [0, 0.05) is 10.4 Å². The number of nitrogens with one attached hydrogen (secondary N) is 1. The van der Waals surface area contributed by atoms with Crippen molar-refractivity contribution in [1.82, 2.24) is 9.97 Å². The topological polar surface area (TPSA) is 64.2 Å². The number of hydrogen-bond donors (Lipinski definition) is 1. The lowest BCUT2D eigenvalue weighted by Crippen LogP contribution is -2.10. The zero-order chi connectivity index (χ0) is 19.7. The van der Waals surface area contributed by atoms with E-state index in [4.69, 9.17) is 20.9 Å². The third-order valence-corrected chi connectivity index (χ3v) is 6.65. The van der Waals surface area contributed by atoms with Crippen LogP contribution in [0.3, 0.4) is 0 Å². The highest BCUT2D eigenvalue weighted by Gasteiger charge is 2.20. The molecule has 0 atom stereocenters. The second-order valence-electron chi connectivity index (χ2n) is 6.64. The quantitative estimate of drug-likeness (QED) is 0.454. The summed E-state index contributed by atoms with van der Waals surface area (Å²) in [6.45, 7) is 0.135. The number of hydrogen-bond acceptors (Lipinski definition) is 5. The van der Waals surface area contributed by atoms with Crippen LogP contribution in [0.4, 0.5) is 0 Å². The molecule has 0 aliphatic heterocycles. The molecule has 0 saturated heterocycles. The van der Waals surface area contributed by atoms with Crippen molar-refractivity contribution in [3.8, 4) is 35.2 Å². The van der Waals surface area contributed by atoms with Crippen molar-refractivity contribution in [1.29, 1.82) is 0 Å². The van der Waals surface area contributed by atoms with E-state index in [2.05, 4.69) is 26.8 Å². The number of terminal acetylenes is 1. The van der Waals surface area contributed by atoms with Gasteiger partial charge in [0.1, 0.15) is 17.3 Å². The summed E-state index contributed by atoms with van der Waals surface area (Å²) in [4.78, 5) is 22.7. The summed E-state index contributed by atoms with van der Waals surface area (Å²) in [6.07, 6.45) is 10.8. The Morgan fingerprint density at radius 1 is 1.32 bits per heavy atom. The lowest BCUT2D eigenvalue weighted by Gasteiger charge is -2.13. The lowest BCUT2D eigenvalue weighted by atomic mass is 10.1. The number of nitrogens with zero attached hydrogens (tertiary/aromatic N) is 1. The number of H-pyrrole nitrogens is 1. The molecule has 2 aromatic heterocycles. The fourth-order valence-corrected chi connectivity index (χ4v) is 5.41. The van der Waals surface area contributed by atoms with Crippen molar-refractivity contribution < 1.29 is 9.47 Å². The van der Waals surface area contributed by atoms with E-state index in [0.29, 0.717) is 21.8 Å². The first kappa shape index (κ1) is 19.0. The fraction of sp³-hybridized carbons (Fsp3) is 0.333. The van der Waals surface area contributed by atoms with Gasteiger partial charge in [0.2, 0.25) is 0 Å². The van der Waals surface area contributed by atoms with E-state index in [0.717, 1.165) is 35.0 Å². The first-order valence-electron chi connectivity index (χ1n) is 9.11. The smallest absolute Gasteiger partial charge is 0.260 e. The van der Waals surface area contributed by atoms with E-state index in [1.165, 1.54) is 23.3 Å². The van der Waals surface area contributed by atoms with Crippen LogP contribution in [0, 0.1) is 12.3 Å². The van der Waals surface area contributed by atoms with Crippen LogP contribution in [0.5, 0.6) is 11.5 Å². The Morgan fingerprint density at radius 3 is 2.93 bits per heavy atom. The van der Waals surface area contributed by atoms with Crippen molar-refractivity contribution in [2.45, 2.75) is 32.1 Å². The van der Waals surface area contributed by atoms with Gasteiger partial charge in [-0.05, 0) is 59.3 Å². The summed E-state index contributed by atoms with van der Waals surface area (Å²) in [5, 5.41) is 0.755. The number of aromatic nitrogens is 2. The van der Waals surface area contributed by atoms with E-state index < -0.39 is 0 Å². The van der Waals surface area contributed by atoms with E-state index in [-0.39, 0.29) is 12.2 Å². The molecule has 0 spiro atoms. The summed E-state index contributed by atoms with van der Waals surface area (Å²) >= 11 is 5.14. The Hall–Kier alpha value is -2.30. The molecule has 3 aromatic rings. The van der Waals surface area contributed by atoms with Gasteiger partial charge in [-0.3, -0.25) is 4.79 Å². The Morgan fingerprint density at radius 2 is 2.14 bits per heavy atom. The molecule has 1 aliphatic rings. The molecule has 28 heavy (non-hydrogen) atoms. The summed E-state index contributed by atoms with van der Waals surface area (Å²) in [7, 11) is 1.56. The molecule has 4 rings (SSSR count). The van der Waals surface area contributed by atoms with E-state index >= 15 is 0 Å². The van der Waals surface area contributed by atoms with Gasteiger partial charge < -0.3 is 14.5 Å². The molecule has 5 nitrogen and oxygen atoms in total. The van der Waals surface area contributed by atoms with Crippen molar-refractivity contribution in [3.05, 3.63) is 37.4 Å². The van der Waals surface area contributed by atoms with Gasteiger partial charge in [-0.2, -0.15) is 0 Å². The first-order valence-corrected chi connectivity index (χ1v) is 10.7. The van der Waals surface area contributed by atoms with Crippen LogP contribution >= 0.6 is 27.3 Å². The number of rotatable bonds is 4. The van der Waals surface area contributed by atoms with Crippen LogP contribution in [-0.2, 0) is 12.8 Å². The van der Waals surface area contributed by atoms with Gasteiger partial charge in [-0.25, -0.2) is 4.98 Å². The highest BCUT2D eigenvalue weighted by Crippen LogP contribution is 2.39. The standard InChI is InChI=1S/C21H19BrN2O3S/c1-3-9-27-18-14(22)10-12(11-15(18)26-2)19-23-20(25)17-13-7-5-4-6-8-16(13)28-21(17)24-19/h1,10-11H,4-9H2,2H3,(H,23,24,25). The molecular weight excluding hydrogens is 440 g/mol. The lowest BCUT2D eigenvalue weighted by molar-refractivity contribution is 0.329. The molecule has 0 unspecified atom stereocenters. The summed E-state index contributed by atoms with van der Waals surface area (Å²) in [6, 6.07) is 3.64. The summed E-state index contributed by atoms with van der Waals surface area (Å²) in [5.41, 5.74) is 1.84. The molecule has 2 heterocycles. The second-order valence-corrected chi connectivity index (χ2v) is 8.58. The Bertz CT molecular complexity index is 1140. The highest BCUT2D eigenvalue weighted by molar-refractivity contribution is 9.10. The predicted molar refractivity (Wildman–Crippen MR) is 116 cm³/mol. The average molecular weight is 459 g/mol. The minimum Gasteiger partial charge on any atom is -0.493 e. The van der Waals surface area contributed by atoms with Crippen molar-refractivity contribution in [2.24, 2.45) is 0 Å².